The Morgan fingerprint density at radius 2 is 1.89 bits per heavy atom. The maximum atomic E-state index is 5.66. The van der Waals surface area contributed by atoms with Gasteiger partial charge in [0.2, 0.25) is 0 Å². The molecule has 0 bridgehead atoms. The number of pyridine rings is 1. The number of hydrogen-bond donors (Lipinski definition) is 1. The monoisotopic (exact) mass is 248 g/mol. The molecule has 0 aromatic carbocycles. The molecule has 2 heterocycles. The molecule has 98 valence electrons. The second-order valence-corrected chi connectivity index (χ2v) is 3.58. The van der Waals surface area contributed by atoms with Gasteiger partial charge < -0.3 is 10.5 Å². The van der Waals surface area contributed by atoms with Gasteiger partial charge in [0, 0.05) is 11.8 Å². The summed E-state index contributed by atoms with van der Waals surface area (Å²) in [5.74, 6) is 1.34. The van der Waals surface area contributed by atoms with E-state index >= 15 is 0 Å². The Hall–Kier alpha value is -2.04. The van der Waals surface area contributed by atoms with Crippen LogP contribution < -0.4 is 10.5 Å². The smallest absolute Gasteiger partial charge is 0.181 e. The molecule has 0 unspecified atom stereocenters. The van der Waals surface area contributed by atoms with Gasteiger partial charge in [-0.05, 0) is 13.8 Å². The molecular formula is C13H20N4O. The van der Waals surface area contributed by atoms with Crippen LogP contribution in [0, 0.1) is 13.8 Å². The van der Waals surface area contributed by atoms with Crippen molar-refractivity contribution >= 4 is 5.69 Å². The molecule has 5 nitrogen and oxygen atoms in total. The maximum Gasteiger partial charge on any atom is 0.181 e. The first kappa shape index (κ1) is 14.0. The van der Waals surface area contributed by atoms with Crippen LogP contribution in [0.1, 0.15) is 25.2 Å². The third-order valence-corrected chi connectivity index (χ3v) is 2.55. The average Bonchev–Trinajstić information content (AvgIpc) is 2.72. The third kappa shape index (κ3) is 2.61. The zero-order valence-corrected chi connectivity index (χ0v) is 11.6. The van der Waals surface area contributed by atoms with E-state index in [1.54, 1.807) is 25.7 Å². The van der Waals surface area contributed by atoms with Crippen LogP contribution >= 0.6 is 0 Å². The molecule has 0 aliphatic carbocycles. The molecule has 2 aromatic rings. The Labute approximate surface area is 108 Å². The summed E-state index contributed by atoms with van der Waals surface area (Å²) < 4.78 is 7.14. The number of nitrogens with two attached hydrogens (primary N) is 1. The van der Waals surface area contributed by atoms with Crippen LogP contribution in [0.3, 0.4) is 0 Å². The minimum atomic E-state index is 0.579. The Kier molecular flexibility index (Phi) is 4.71. The van der Waals surface area contributed by atoms with E-state index in [4.69, 9.17) is 10.5 Å². The lowest BCUT2D eigenvalue weighted by atomic mass is 10.3. The molecule has 0 spiro atoms. The standard InChI is InChI=1S/C11H14N4O.C2H6/c1-7-8(2)15(6-14-7)11-10(16-3)4-9(12)5-13-11;1-2/h4-6H,12H2,1-3H3;1-2H3. The Balaban J connectivity index is 0.000000771. The third-order valence-electron chi connectivity index (χ3n) is 2.55. The molecule has 0 radical (unpaired) electrons. The average molecular weight is 248 g/mol. The highest BCUT2D eigenvalue weighted by molar-refractivity contribution is 5.50. The van der Waals surface area contributed by atoms with E-state index in [0.29, 0.717) is 17.3 Å². The lowest BCUT2D eigenvalue weighted by Crippen LogP contribution is -2.03. The normalized spacial score (nSPS) is 9.61. The number of nitrogen functional groups attached to an aromatic ring is 1. The van der Waals surface area contributed by atoms with Gasteiger partial charge in [-0.1, -0.05) is 13.8 Å². The van der Waals surface area contributed by atoms with Gasteiger partial charge >= 0.3 is 0 Å². The van der Waals surface area contributed by atoms with Crippen LogP contribution in [0.2, 0.25) is 0 Å². The number of rotatable bonds is 2. The van der Waals surface area contributed by atoms with Crippen molar-refractivity contribution in [2.45, 2.75) is 27.7 Å². The summed E-state index contributed by atoms with van der Waals surface area (Å²) in [4.78, 5) is 8.49. The number of anilines is 1. The first-order chi connectivity index (χ1) is 8.63. The van der Waals surface area contributed by atoms with E-state index in [9.17, 15) is 0 Å². The molecule has 2 rings (SSSR count). The molecule has 0 atom stereocenters. The first-order valence-corrected chi connectivity index (χ1v) is 5.94. The second-order valence-electron chi connectivity index (χ2n) is 3.58. The number of hydrogen-bond acceptors (Lipinski definition) is 4. The van der Waals surface area contributed by atoms with Crippen molar-refractivity contribution in [2.24, 2.45) is 0 Å². The van der Waals surface area contributed by atoms with Crippen LogP contribution in [-0.2, 0) is 0 Å². The van der Waals surface area contributed by atoms with Gasteiger partial charge in [-0.2, -0.15) is 0 Å². The molecule has 0 amide bonds. The van der Waals surface area contributed by atoms with E-state index in [-0.39, 0.29) is 0 Å². The molecule has 5 heteroatoms. The van der Waals surface area contributed by atoms with Crippen LogP contribution in [0.25, 0.3) is 5.82 Å². The molecule has 0 aliphatic rings. The molecule has 0 fully saturated rings. The van der Waals surface area contributed by atoms with Crippen molar-refractivity contribution in [3.8, 4) is 11.6 Å². The summed E-state index contributed by atoms with van der Waals surface area (Å²) in [6.07, 6.45) is 3.33. The molecule has 2 N–H and O–H groups in total. The Morgan fingerprint density at radius 1 is 1.22 bits per heavy atom. The van der Waals surface area contributed by atoms with E-state index in [1.165, 1.54) is 0 Å². The molecule has 2 aromatic heterocycles. The first-order valence-electron chi connectivity index (χ1n) is 5.94. The Morgan fingerprint density at radius 3 is 2.39 bits per heavy atom. The molecule has 18 heavy (non-hydrogen) atoms. The van der Waals surface area contributed by atoms with Crippen molar-refractivity contribution in [1.82, 2.24) is 14.5 Å². The summed E-state index contributed by atoms with van der Waals surface area (Å²) in [5.41, 5.74) is 8.25. The minimum Gasteiger partial charge on any atom is -0.493 e. The number of methoxy groups -OCH3 is 1. The van der Waals surface area contributed by atoms with Gasteiger partial charge in [-0.25, -0.2) is 9.97 Å². The zero-order chi connectivity index (χ0) is 13.7. The fourth-order valence-corrected chi connectivity index (χ4v) is 1.50. The van der Waals surface area contributed by atoms with E-state index in [0.717, 1.165) is 11.4 Å². The van der Waals surface area contributed by atoms with Crippen LogP contribution in [0.4, 0.5) is 5.69 Å². The van der Waals surface area contributed by atoms with Gasteiger partial charge in [0.1, 0.15) is 6.33 Å². The minimum absolute atomic E-state index is 0.579. The molecule has 0 saturated heterocycles. The van der Waals surface area contributed by atoms with Gasteiger partial charge in [0.25, 0.3) is 0 Å². The summed E-state index contributed by atoms with van der Waals surface area (Å²) in [6, 6.07) is 1.75. The topological polar surface area (TPSA) is 66.0 Å². The fraction of sp³-hybridized carbons (Fsp3) is 0.385. The van der Waals surface area contributed by atoms with Crippen molar-refractivity contribution in [2.75, 3.05) is 12.8 Å². The van der Waals surface area contributed by atoms with E-state index < -0.39 is 0 Å². The van der Waals surface area contributed by atoms with Crippen LogP contribution in [0.5, 0.6) is 5.75 Å². The fourth-order valence-electron chi connectivity index (χ4n) is 1.50. The van der Waals surface area contributed by atoms with Crippen molar-refractivity contribution in [3.05, 3.63) is 30.0 Å². The van der Waals surface area contributed by atoms with Crippen molar-refractivity contribution in [1.29, 1.82) is 0 Å². The predicted octanol–water partition coefficient (Wildman–Crippen LogP) is 2.50. The van der Waals surface area contributed by atoms with Crippen molar-refractivity contribution in [3.63, 3.8) is 0 Å². The highest BCUT2D eigenvalue weighted by atomic mass is 16.5. The Bertz CT molecular complexity index is 520. The summed E-state index contributed by atoms with van der Waals surface area (Å²) >= 11 is 0. The number of imidazole rings is 1. The number of aromatic nitrogens is 3. The van der Waals surface area contributed by atoms with Gasteiger partial charge in [-0.3, -0.25) is 4.57 Å². The SMILES string of the molecule is CC.COc1cc(N)cnc1-n1cnc(C)c1C. The highest BCUT2D eigenvalue weighted by Gasteiger charge is 2.11. The molecular weight excluding hydrogens is 228 g/mol. The van der Waals surface area contributed by atoms with Crippen LogP contribution in [-0.4, -0.2) is 21.6 Å². The van der Waals surface area contributed by atoms with Gasteiger partial charge in [-0.15, -0.1) is 0 Å². The summed E-state index contributed by atoms with van der Waals surface area (Å²) in [5, 5.41) is 0. The number of nitrogens with zero attached hydrogens (tertiary/aromatic N) is 3. The lowest BCUT2D eigenvalue weighted by molar-refractivity contribution is 0.410. The van der Waals surface area contributed by atoms with Gasteiger partial charge in [0.05, 0.1) is 24.7 Å². The lowest BCUT2D eigenvalue weighted by Gasteiger charge is -2.10. The van der Waals surface area contributed by atoms with E-state index in [2.05, 4.69) is 9.97 Å². The number of ether oxygens (including phenoxy) is 1. The van der Waals surface area contributed by atoms with Gasteiger partial charge in [0.15, 0.2) is 11.6 Å². The molecule has 0 saturated carbocycles. The highest BCUT2D eigenvalue weighted by Crippen LogP contribution is 2.24. The van der Waals surface area contributed by atoms with Crippen molar-refractivity contribution < 1.29 is 4.74 Å². The second kappa shape index (κ2) is 6.05. The quantitative estimate of drug-likeness (QED) is 0.886. The predicted molar refractivity (Wildman–Crippen MR) is 73.1 cm³/mol. The van der Waals surface area contributed by atoms with Crippen LogP contribution in [0.15, 0.2) is 18.6 Å². The molecule has 0 aliphatic heterocycles. The summed E-state index contributed by atoms with van der Waals surface area (Å²) in [6.45, 7) is 7.94. The number of aryl methyl sites for hydroxylation is 1. The maximum absolute atomic E-state index is 5.66. The largest absolute Gasteiger partial charge is 0.493 e. The summed E-state index contributed by atoms with van der Waals surface area (Å²) in [7, 11) is 1.60. The van der Waals surface area contributed by atoms with E-state index in [1.807, 2.05) is 32.3 Å². The zero-order valence-electron chi connectivity index (χ0n) is 11.6.